The van der Waals surface area contributed by atoms with Gasteiger partial charge in [-0.25, -0.2) is 0 Å². The first-order chi connectivity index (χ1) is 8.56. The van der Waals surface area contributed by atoms with E-state index in [2.05, 4.69) is 31.4 Å². The zero-order chi connectivity index (χ0) is 13.1. The number of carbonyl (C=O) groups is 1. The molecule has 2 rings (SSSR count). The lowest BCUT2D eigenvalue weighted by atomic mass is 10.1. The predicted octanol–water partition coefficient (Wildman–Crippen LogP) is 2.97. The monoisotopic (exact) mass is 307 g/mol. The third-order valence-corrected chi connectivity index (χ3v) is 3.32. The average Bonchev–Trinajstić information content (AvgIpc) is 2.64. The Morgan fingerprint density at radius 2 is 2.00 bits per heavy atom. The molecule has 0 aliphatic carbocycles. The van der Waals surface area contributed by atoms with Gasteiger partial charge >= 0.3 is 0 Å². The Bertz CT molecular complexity index is 560. The van der Waals surface area contributed by atoms with Gasteiger partial charge in [0.1, 0.15) is 0 Å². The smallest absolute Gasteiger partial charge is 0.230 e. The van der Waals surface area contributed by atoms with Crippen LogP contribution in [-0.2, 0) is 11.2 Å². The number of aromatic nitrogens is 2. The molecule has 0 spiro atoms. The minimum absolute atomic E-state index is 0.0630. The molecule has 0 unspecified atom stereocenters. The lowest BCUT2D eigenvalue weighted by molar-refractivity contribution is -0.115. The number of nitrogens with zero attached hydrogens (tertiary/aromatic N) is 1. The molecule has 18 heavy (non-hydrogen) atoms. The standard InChI is InChI=1S/C13H14BrN3O/c1-8-9(2)16-17-13(8)15-12(18)7-10-3-5-11(14)6-4-10/h3-6H,7H2,1-2H3,(H2,15,16,17,18). The number of amides is 1. The number of H-pyrrole nitrogens is 1. The van der Waals surface area contributed by atoms with Crippen LogP contribution >= 0.6 is 15.9 Å². The molecule has 1 aromatic heterocycles. The SMILES string of the molecule is Cc1[nH]nc(NC(=O)Cc2ccc(Br)cc2)c1C. The highest BCUT2D eigenvalue weighted by Gasteiger charge is 2.09. The molecule has 1 aromatic carbocycles. The predicted molar refractivity (Wildman–Crippen MR) is 74.5 cm³/mol. The number of halogens is 1. The van der Waals surface area contributed by atoms with Crippen LogP contribution in [-0.4, -0.2) is 16.1 Å². The van der Waals surface area contributed by atoms with Crippen LogP contribution in [0.4, 0.5) is 5.82 Å². The summed E-state index contributed by atoms with van der Waals surface area (Å²) in [7, 11) is 0. The summed E-state index contributed by atoms with van der Waals surface area (Å²) in [5.74, 6) is 0.543. The molecule has 1 heterocycles. The number of aryl methyl sites for hydroxylation is 1. The van der Waals surface area contributed by atoms with Gasteiger partial charge in [-0.15, -0.1) is 0 Å². The van der Waals surface area contributed by atoms with Crippen LogP contribution in [0.1, 0.15) is 16.8 Å². The zero-order valence-electron chi connectivity index (χ0n) is 10.2. The fourth-order valence-corrected chi connectivity index (χ4v) is 1.84. The van der Waals surface area contributed by atoms with E-state index >= 15 is 0 Å². The van der Waals surface area contributed by atoms with E-state index in [4.69, 9.17) is 0 Å². The van der Waals surface area contributed by atoms with E-state index in [0.29, 0.717) is 12.2 Å². The van der Waals surface area contributed by atoms with E-state index in [1.54, 1.807) is 0 Å². The lowest BCUT2D eigenvalue weighted by Crippen LogP contribution is -2.15. The van der Waals surface area contributed by atoms with Gasteiger partial charge in [0.2, 0.25) is 5.91 Å². The summed E-state index contributed by atoms with van der Waals surface area (Å²) in [5.41, 5.74) is 2.91. The maximum Gasteiger partial charge on any atom is 0.230 e. The normalized spacial score (nSPS) is 10.4. The van der Waals surface area contributed by atoms with Crippen molar-refractivity contribution < 1.29 is 4.79 Å². The van der Waals surface area contributed by atoms with Gasteiger partial charge in [0.25, 0.3) is 0 Å². The Kier molecular flexibility index (Phi) is 3.81. The largest absolute Gasteiger partial charge is 0.309 e. The van der Waals surface area contributed by atoms with Gasteiger partial charge in [-0.1, -0.05) is 28.1 Å². The first-order valence-corrected chi connectivity index (χ1v) is 6.41. The summed E-state index contributed by atoms with van der Waals surface area (Å²) < 4.78 is 1.01. The van der Waals surface area contributed by atoms with E-state index in [-0.39, 0.29) is 5.91 Å². The number of rotatable bonds is 3. The van der Waals surface area contributed by atoms with Crippen molar-refractivity contribution in [3.8, 4) is 0 Å². The molecule has 0 saturated heterocycles. The van der Waals surface area contributed by atoms with Gasteiger partial charge in [-0.05, 0) is 31.5 Å². The quantitative estimate of drug-likeness (QED) is 0.916. The van der Waals surface area contributed by atoms with E-state index in [9.17, 15) is 4.79 Å². The molecule has 4 nitrogen and oxygen atoms in total. The third-order valence-electron chi connectivity index (χ3n) is 2.79. The first-order valence-electron chi connectivity index (χ1n) is 5.62. The van der Waals surface area contributed by atoms with Crippen molar-refractivity contribution in [1.29, 1.82) is 0 Å². The highest BCUT2D eigenvalue weighted by Crippen LogP contribution is 2.15. The molecule has 0 atom stereocenters. The van der Waals surface area contributed by atoms with Gasteiger partial charge in [0.05, 0.1) is 6.42 Å². The van der Waals surface area contributed by atoms with Crippen LogP contribution in [0, 0.1) is 13.8 Å². The number of carbonyl (C=O) groups excluding carboxylic acids is 1. The van der Waals surface area contributed by atoms with Crippen LogP contribution in [0.5, 0.6) is 0 Å². The maximum atomic E-state index is 11.9. The number of nitrogens with one attached hydrogen (secondary N) is 2. The van der Waals surface area contributed by atoms with Crippen LogP contribution in [0.3, 0.4) is 0 Å². The highest BCUT2D eigenvalue weighted by molar-refractivity contribution is 9.10. The molecule has 0 saturated carbocycles. The second kappa shape index (κ2) is 5.35. The maximum absolute atomic E-state index is 11.9. The third kappa shape index (κ3) is 2.98. The molecule has 0 aliphatic heterocycles. The number of hydrogen-bond donors (Lipinski definition) is 2. The van der Waals surface area contributed by atoms with Crippen molar-refractivity contribution in [3.05, 3.63) is 45.6 Å². The average molecular weight is 308 g/mol. The van der Waals surface area contributed by atoms with Gasteiger partial charge in [-0.2, -0.15) is 5.10 Å². The second-order valence-corrected chi connectivity index (χ2v) is 5.09. The fraction of sp³-hybridized carbons (Fsp3) is 0.231. The number of aromatic amines is 1. The summed E-state index contributed by atoms with van der Waals surface area (Å²) in [4.78, 5) is 11.9. The van der Waals surface area contributed by atoms with Gasteiger partial charge in [0.15, 0.2) is 5.82 Å². The highest BCUT2D eigenvalue weighted by atomic mass is 79.9. The summed E-state index contributed by atoms with van der Waals surface area (Å²) in [6.07, 6.45) is 0.346. The van der Waals surface area contributed by atoms with E-state index in [1.807, 2.05) is 38.1 Å². The molecule has 0 fully saturated rings. The molecule has 2 N–H and O–H groups in total. The summed E-state index contributed by atoms with van der Waals surface area (Å²) >= 11 is 3.36. The fourth-order valence-electron chi connectivity index (χ4n) is 1.57. The Morgan fingerprint density at radius 1 is 1.33 bits per heavy atom. The minimum Gasteiger partial charge on any atom is -0.309 e. The van der Waals surface area contributed by atoms with Gasteiger partial charge < -0.3 is 5.32 Å². The van der Waals surface area contributed by atoms with Crippen LogP contribution in [0.25, 0.3) is 0 Å². The van der Waals surface area contributed by atoms with Crippen molar-refractivity contribution in [2.75, 3.05) is 5.32 Å². The molecule has 5 heteroatoms. The Balaban J connectivity index is 2.01. The molecule has 2 aromatic rings. The Hall–Kier alpha value is -1.62. The summed E-state index contributed by atoms with van der Waals surface area (Å²) in [6, 6.07) is 7.69. The molecule has 1 amide bonds. The van der Waals surface area contributed by atoms with E-state index in [0.717, 1.165) is 21.3 Å². The van der Waals surface area contributed by atoms with Crippen LogP contribution < -0.4 is 5.32 Å². The van der Waals surface area contributed by atoms with Crippen molar-refractivity contribution in [1.82, 2.24) is 10.2 Å². The Morgan fingerprint density at radius 3 is 2.56 bits per heavy atom. The topological polar surface area (TPSA) is 57.8 Å². The lowest BCUT2D eigenvalue weighted by Gasteiger charge is -2.03. The summed E-state index contributed by atoms with van der Waals surface area (Å²) in [6.45, 7) is 3.85. The van der Waals surface area contributed by atoms with Crippen LogP contribution in [0.2, 0.25) is 0 Å². The van der Waals surface area contributed by atoms with E-state index in [1.165, 1.54) is 0 Å². The van der Waals surface area contributed by atoms with Crippen molar-refractivity contribution in [3.63, 3.8) is 0 Å². The Labute approximate surface area is 114 Å². The first kappa shape index (κ1) is 12.8. The second-order valence-electron chi connectivity index (χ2n) is 4.17. The molecule has 0 aliphatic rings. The minimum atomic E-state index is -0.0630. The van der Waals surface area contributed by atoms with Crippen molar-refractivity contribution in [2.24, 2.45) is 0 Å². The molecule has 0 bridgehead atoms. The molecular weight excluding hydrogens is 294 g/mol. The van der Waals surface area contributed by atoms with Crippen molar-refractivity contribution >= 4 is 27.7 Å². The number of hydrogen-bond acceptors (Lipinski definition) is 2. The number of anilines is 1. The molecule has 94 valence electrons. The van der Waals surface area contributed by atoms with Crippen molar-refractivity contribution in [2.45, 2.75) is 20.3 Å². The number of benzene rings is 1. The molecule has 0 radical (unpaired) electrons. The summed E-state index contributed by atoms with van der Waals surface area (Å²) in [5, 5.41) is 9.69. The van der Waals surface area contributed by atoms with Gasteiger partial charge in [0, 0.05) is 15.7 Å². The zero-order valence-corrected chi connectivity index (χ0v) is 11.8. The van der Waals surface area contributed by atoms with E-state index < -0.39 is 0 Å². The van der Waals surface area contributed by atoms with Crippen LogP contribution in [0.15, 0.2) is 28.7 Å². The van der Waals surface area contributed by atoms with Gasteiger partial charge in [-0.3, -0.25) is 9.89 Å². The molecular formula is C13H14BrN3O.